The van der Waals surface area contributed by atoms with Crippen molar-refractivity contribution < 1.29 is 4.42 Å². The second-order valence-corrected chi connectivity index (χ2v) is 10.2. The average Bonchev–Trinajstić information content (AvgIpc) is 3.61. The molecule has 35 heavy (non-hydrogen) atoms. The first-order valence-corrected chi connectivity index (χ1v) is 12.6. The molecule has 184 valence electrons. The van der Waals surface area contributed by atoms with Crippen LogP contribution < -0.4 is 5.56 Å². The van der Waals surface area contributed by atoms with Crippen LogP contribution in [0.5, 0.6) is 0 Å². The number of rotatable bonds is 8. The lowest BCUT2D eigenvalue weighted by molar-refractivity contribution is 0.0842. The van der Waals surface area contributed by atoms with Crippen LogP contribution in [0, 0.1) is 19.8 Å². The summed E-state index contributed by atoms with van der Waals surface area (Å²) in [4.78, 5) is 18.9. The number of nitrogens with one attached hydrogen (secondary N) is 1. The maximum atomic E-state index is 13.3. The minimum Gasteiger partial charge on any atom is -0.467 e. The molecule has 0 spiro atoms. The van der Waals surface area contributed by atoms with Gasteiger partial charge in [-0.3, -0.25) is 9.69 Å². The first kappa shape index (κ1) is 23.5. The molecule has 4 aromatic rings. The maximum absolute atomic E-state index is 13.3. The highest BCUT2D eigenvalue weighted by molar-refractivity contribution is 5.83. The highest BCUT2D eigenvalue weighted by Gasteiger charge is 2.35. The van der Waals surface area contributed by atoms with Gasteiger partial charge >= 0.3 is 0 Å². The van der Waals surface area contributed by atoms with Gasteiger partial charge < -0.3 is 9.40 Å². The first-order chi connectivity index (χ1) is 16.9. The van der Waals surface area contributed by atoms with Gasteiger partial charge in [0.25, 0.3) is 5.56 Å². The number of nitrogens with zero attached hydrogens (tertiary/aromatic N) is 5. The Morgan fingerprint density at radius 1 is 1.20 bits per heavy atom. The predicted molar refractivity (Wildman–Crippen MR) is 135 cm³/mol. The fourth-order valence-electron chi connectivity index (χ4n) is 5.49. The SMILES string of the molecule is Cc1ccc2cc(CN(C3CCCC3)C(c3nnnn3Cc3ccco3)C(C)C)c(=O)[nH]c2c1C. The average molecular weight is 475 g/mol. The predicted octanol–water partition coefficient (Wildman–Crippen LogP) is 4.91. The summed E-state index contributed by atoms with van der Waals surface area (Å²) >= 11 is 0. The number of hydrogen-bond acceptors (Lipinski definition) is 6. The zero-order chi connectivity index (χ0) is 24.5. The van der Waals surface area contributed by atoms with E-state index in [0.717, 1.165) is 46.5 Å². The fourth-order valence-corrected chi connectivity index (χ4v) is 5.49. The van der Waals surface area contributed by atoms with Crippen LogP contribution in [0.3, 0.4) is 0 Å². The van der Waals surface area contributed by atoms with E-state index >= 15 is 0 Å². The normalized spacial score (nSPS) is 15.6. The van der Waals surface area contributed by atoms with Crippen molar-refractivity contribution >= 4 is 10.9 Å². The molecule has 0 radical (unpaired) electrons. The van der Waals surface area contributed by atoms with E-state index < -0.39 is 0 Å². The molecule has 5 rings (SSSR count). The molecule has 8 nitrogen and oxygen atoms in total. The summed E-state index contributed by atoms with van der Waals surface area (Å²) in [5.74, 6) is 1.87. The monoisotopic (exact) mass is 474 g/mol. The number of fused-ring (bicyclic) bond motifs is 1. The third-order valence-corrected chi connectivity index (χ3v) is 7.47. The molecule has 0 amide bonds. The summed E-state index contributed by atoms with van der Waals surface area (Å²) in [7, 11) is 0. The Kier molecular flexibility index (Phi) is 6.56. The molecule has 0 saturated heterocycles. The van der Waals surface area contributed by atoms with Gasteiger partial charge in [0.15, 0.2) is 5.82 Å². The van der Waals surface area contributed by atoms with Crippen LogP contribution in [0.25, 0.3) is 10.9 Å². The van der Waals surface area contributed by atoms with Gasteiger partial charge in [-0.25, -0.2) is 4.68 Å². The summed E-state index contributed by atoms with van der Waals surface area (Å²) in [5, 5.41) is 13.9. The van der Waals surface area contributed by atoms with Crippen molar-refractivity contribution in [3.63, 3.8) is 0 Å². The van der Waals surface area contributed by atoms with E-state index in [0.29, 0.717) is 19.1 Å². The van der Waals surface area contributed by atoms with E-state index in [1.807, 2.05) is 16.8 Å². The molecule has 0 aliphatic heterocycles. The lowest BCUT2D eigenvalue weighted by Crippen LogP contribution is -2.41. The molecule has 1 unspecified atom stereocenters. The number of aromatic nitrogens is 5. The largest absolute Gasteiger partial charge is 0.467 e. The molecule has 0 bridgehead atoms. The Morgan fingerprint density at radius 3 is 2.71 bits per heavy atom. The smallest absolute Gasteiger partial charge is 0.252 e. The van der Waals surface area contributed by atoms with Crippen molar-refractivity contribution in [1.82, 2.24) is 30.1 Å². The van der Waals surface area contributed by atoms with E-state index in [-0.39, 0.29) is 17.5 Å². The second-order valence-electron chi connectivity index (χ2n) is 10.2. The van der Waals surface area contributed by atoms with E-state index in [9.17, 15) is 4.79 Å². The van der Waals surface area contributed by atoms with Gasteiger partial charge in [-0.05, 0) is 77.7 Å². The van der Waals surface area contributed by atoms with E-state index in [1.54, 1.807) is 6.26 Å². The third-order valence-electron chi connectivity index (χ3n) is 7.47. The molecule has 1 N–H and O–H groups in total. The van der Waals surface area contributed by atoms with Crippen molar-refractivity contribution in [1.29, 1.82) is 0 Å². The van der Waals surface area contributed by atoms with Gasteiger partial charge in [-0.15, -0.1) is 5.10 Å². The van der Waals surface area contributed by atoms with Crippen LogP contribution in [0.2, 0.25) is 0 Å². The third kappa shape index (κ3) is 4.67. The summed E-state index contributed by atoms with van der Waals surface area (Å²) in [6.45, 7) is 9.57. The zero-order valence-electron chi connectivity index (χ0n) is 21.0. The number of furan rings is 1. The number of benzene rings is 1. The molecule has 3 heterocycles. The van der Waals surface area contributed by atoms with Gasteiger partial charge in [0.1, 0.15) is 12.3 Å². The van der Waals surface area contributed by atoms with Crippen LogP contribution in [0.4, 0.5) is 0 Å². The maximum Gasteiger partial charge on any atom is 0.252 e. The molecular formula is C27H34N6O2. The summed E-state index contributed by atoms with van der Waals surface area (Å²) < 4.78 is 7.39. The van der Waals surface area contributed by atoms with Crippen molar-refractivity contribution in [2.24, 2.45) is 5.92 Å². The Bertz CT molecular complexity index is 1350. The molecule has 1 atom stereocenters. The lowest BCUT2D eigenvalue weighted by atomic mass is 9.97. The standard InChI is InChI=1S/C27H34N6O2/c1-17(2)25(26-29-30-31-33(26)16-23-10-7-13-35-23)32(22-8-5-6-9-22)15-21-14-20-12-11-18(3)19(4)24(20)28-27(21)34/h7,10-14,17,22,25H,5-6,8-9,15-16H2,1-4H3,(H,28,34). The molecule has 8 heteroatoms. The highest BCUT2D eigenvalue weighted by Crippen LogP contribution is 2.36. The lowest BCUT2D eigenvalue weighted by Gasteiger charge is -2.37. The molecule has 1 aliphatic carbocycles. The van der Waals surface area contributed by atoms with Crippen molar-refractivity contribution in [3.05, 3.63) is 75.2 Å². The van der Waals surface area contributed by atoms with Crippen molar-refractivity contribution in [2.45, 2.75) is 78.6 Å². The number of aryl methyl sites for hydroxylation is 2. The fraction of sp³-hybridized carbons (Fsp3) is 0.481. The summed E-state index contributed by atoms with van der Waals surface area (Å²) in [6, 6.07) is 10.4. The molecule has 3 aromatic heterocycles. The van der Waals surface area contributed by atoms with Gasteiger partial charge in [-0.2, -0.15) is 0 Å². The van der Waals surface area contributed by atoms with Gasteiger partial charge in [0.05, 0.1) is 17.8 Å². The Morgan fingerprint density at radius 2 is 2.00 bits per heavy atom. The van der Waals surface area contributed by atoms with Crippen LogP contribution >= 0.6 is 0 Å². The number of aromatic amines is 1. The zero-order valence-corrected chi connectivity index (χ0v) is 21.0. The minimum absolute atomic E-state index is 0.0214. The summed E-state index contributed by atoms with van der Waals surface area (Å²) in [5.41, 5.74) is 3.98. The van der Waals surface area contributed by atoms with Gasteiger partial charge in [0.2, 0.25) is 0 Å². The Labute approximate surface area is 205 Å². The number of H-pyrrole nitrogens is 1. The van der Waals surface area contributed by atoms with Crippen LogP contribution in [0.15, 0.2) is 45.8 Å². The summed E-state index contributed by atoms with van der Waals surface area (Å²) in [6.07, 6.45) is 6.31. The van der Waals surface area contributed by atoms with Crippen LogP contribution in [-0.4, -0.2) is 36.1 Å². The number of pyridine rings is 1. The molecule has 1 fully saturated rings. The van der Waals surface area contributed by atoms with E-state index in [4.69, 9.17) is 4.42 Å². The van der Waals surface area contributed by atoms with Crippen LogP contribution in [-0.2, 0) is 13.1 Å². The minimum atomic E-state index is -0.0297. The Balaban J connectivity index is 1.54. The topological polar surface area (TPSA) is 92.8 Å². The molecule has 1 aromatic carbocycles. The number of hydrogen-bond donors (Lipinski definition) is 1. The van der Waals surface area contributed by atoms with E-state index in [2.05, 4.69) is 71.3 Å². The molecule has 1 saturated carbocycles. The number of tetrazole rings is 1. The van der Waals surface area contributed by atoms with Gasteiger partial charge in [-0.1, -0.05) is 38.8 Å². The molecule has 1 aliphatic rings. The second kappa shape index (κ2) is 9.77. The van der Waals surface area contributed by atoms with E-state index in [1.165, 1.54) is 18.4 Å². The molecular weight excluding hydrogens is 440 g/mol. The quantitative estimate of drug-likeness (QED) is 0.390. The van der Waals surface area contributed by atoms with Crippen molar-refractivity contribution in [2.75, 3.05) is 0 Å². The Hall–Kier alpha value is -3.26. The van der Waals surface area contributed by atoms with Crippen molar-refractivity contribution in [3.8, 4) is 0 Å². The van der Waals surface area contributed by atoms with Crippen LogP contribution in [0.1, 0.15) is 73.8 Å². The van der Waals surface area contributed by atoms with Gasteiger partial charge in [0, 0.05) is 18.2 Å². The highest BCUT2D eigenvalue weighted by atomic mass is 16.3. The first-order valence-electron chi connectivity index (χ1n) is 12.6.